The topological polar surface area (TPSA) is 56.7 Å². The Morgan fingerprint density at radius 2 is 2.07 bits per heavy atom. The van der Waals surface area contributed by atoms with Gasteiger partial charge >= 0.3 is 0 Å². The molecule has 4 nitrogen and oxygen atoms in total. The van der Waals surface area contributed by atoms with Crippen LogP contribution in [0.5, 0.6) is 0 Å². The molecule has 5 heteroatoms. The summed E-state index contributed by atoms with van der Waals surface area (Å²) in [7, 11) is 0. The Morgan fingerprint density at radius 1 is 1.33 bits per heavy atom. The van der Waals surface area contributed by atoms with Crippen LogP contribution in [0.2, 0.25) is 0 Å². The standard InChI is InChI=1S/C10H11FN4/c1-6-13-7(2)15(14-6)10-5-8(11)3-4-9(10)12/h3-5H,12H2,1-2H3. The largest absolute Gasteiger partial charge is 0.397 e. The molecule has 78 valence electrons. The summed E-state index contributed by atoms with van der Waals surface area (Å²) in [6.07, 6.45) is 0. The Labute approximate surface area is 86.6 Å². The van der Waals surface area contributed by atoms with E-state index in [4.69, 9.17) is 5.73 Å². The molecule has 1 aromatic carbocycles. The highest BCUT2D eigenvalue weighted by Gasteiger charge is 2.08. The Bertz CT molecular complexity index is 504. The second-order valence-electron chi connectivity index (χ2n) is 3.32. The molecule has 0 aliphatic rings. The molecule has 0 aliphatic heterocycles. The van der Waals surface area contributed by atoms with Crippen LogP contribution in [-0.2, 0) is 0 Å². The van der Waals surface area contributed by atoms with Gasteiger partial charge in [0.2, 0.25) is 0 Å². The van der Waals surface area contributed by atoms with Gasteiger partial charge in [-0.25, -0.2) is 14.1 Å². The molecule has 2 aromatic rings. The summed E-state index contributed by atoms with van der Waals surface area (Å²) >= 11 is 0. The first kappa shape index (κ1) is 9.64. The van der Waals surface area contributed by atoms with Gasteiger partial charge in [0.25, 0.3) is 0 Å². The Balaban J connectivity index is 2.62. The molecule has 2 N–H and O–H groups in total. The van der Waals surface area contributed by atoms with E-state index < -0.39 is 0 Å². The van der Waals surface area contributed by atoms with E-state index in [-0.39, 0.29) is 5.82 Å². The third-order valence-electron chi connectivity index (χ3n) is 2.10. The van der Waals surface area contributed by atoms with Crippen molar-refractivity contribution in [2.75, 3.05) is 5.73 Å². The fraction of sp³-hybridized carbons (Fsp3) is 0.200. The van der Waals surface area contributed by atoms with Gasteiger partial charge in [0.15, 0.2) is 0 Å². The van der Waals surface area contributed by atoms with Gasteiger partial charge in [0.1, 0.15) is 17.5 Å². The molecule has 0 saturated carbocycles. The quantitative estimate of drug-likeness (QED) is 0.721. The van der Waals surface area contributed by atoms with E-state index in [2.05, 4.69) is 10.1 Å². The second-order valence-corrected chi connectivity index (χ2v) is 3.32. The molecule has 0 unspecified atom stereocenters. The lowest BCUT2D eigenvalue weighted by Crippen LogP contribution is -2.04. The van der Waals surface area contributed by atoms with Crippen LogP contribution >= 0.6 is 0 Å². The van der Waals surface area contributed by atoms with Crippen molar-refractivity contribution in [2.45, 2.75) is 13.8 Å². The van der Waals surface area contributed by atoms with Crippen molar-refractivity contribution >= 4 is 5.69 Å². The highest BCUT2D eigenvalue weighted by Crippen LogP contribution is 2.18. The predicted octanol–water partition coefficient (Wildman–Crippen LogP) is 1.61. The van der Waals surface area contributed by atoms with Crippen LogP contribution in [0.1, 0.15) is 11.6 Å². The summed E-state index contributed by atoms with van der Waals surface area (Å²) in [6.45, 7) is 3.57. The normalized spacial score (nSPS) is 10.6. The van der Waals surface area contributed by atoms with Crippen molar-refractivity contribution in [1.29, 1.82) is 0 Å². The number of rotatable bonds is 1. The summed E-state index contributed by atoms with van der Waals surface area (Å²) in [6, 6.07) is 4.18. The van der Waals surface area contributed by atoms with E-state index in [0.29, 0.717) is 23.0 Å². The molecule has 15 heavy (non-hydrogen) atoms. The van der Waals surface area contributed by atoms with Crippen molar-refractivity contribution in [2.24, 2.45) is 0 Å². The number of benzene rings is 1. The number of hydrogen-bond acceptors (Lipinski definition) is 3. The van der Waals surface area contributed by atoms with E-state index >= 15 is 0 Å². The molecular formula is C10H11FN4. The molecule has 0 spiro atoms. The minimum absolute atomic E-state index is 0.341. The average molecular weight is 206 g/mol. The van der Waals surface area contributed by atoms with Crippen LogP contribution in [0, 0.1) is 19.7 Å². The second kappa shape index (κ2) is 3.34. The van der Waals surface area contributed by atoms with Crippen LogP contribution in [0.3, 0.4) is 0 Å². The van der Waals surface area contributed by atoms with Crippen molar-refractivity contribution in [3.63, 3.8) is 0 Å². The number of halogens is 1. The number of nitrogen functional groups attached to an aromatic ring is 1. The minimum Gasteiger partial charge on any atom is -0.397 e. The summed E-state index contributed by atoms with van der Waals surface area (Å²) in [5, 5.41) is 4.14. The van der Waals surface area contributed by atoms with E-state index in [0.717, 1.165) is 0 Å². The summed E-state index contributed by atoms with van der Waals surface area (Å²) < 4.78 is 14.6. The third kappa shape index (κ3) is 1.68. The number of aryl methyl sites for hydroxylation is 2. The first-order valence-corrected chi connectivity index (χ1v) is 4.53. The lowest BCUT2D eigenvalue weighted by molar-refractivity contribution is 0.625. The monoisotopic (exact) mass is 206 g/mol. The zero-order valence-electron chi connectivity index (χ0n) is 8.53. The van der Waals surface area contributed by atoms with Crippen LogP contribution < -0.4 is 5.73 Å². The first-order chi connectivity index (χ1) is 7.08. The van der Waals surface area contributed by atoms with Gasteiger partial charge in [-0.1, -0.05) is 0 Å². The minimum atomic E-state index is -0.341. The smallest absolute Gasteiger partial charge is 0.148 e. The maximum absolute atomic E-state index is 13.1. The third-order valence-corrected chi connectivity index (χ3v) is 2.10. The van der Waals surface area contributed by atoms with Crippen LogP contribution in [0.4, 0.5) is 10.1 Å². The van der Waals surface area contributed by atoms with Gasteiger partial charge in [-0.05, 0) is 26.0 Å². The van der Waals surface area contributed by atoms with Crippen LogP contribution in [-0.4, -0.2) is 14.8 Å². The number of nitrogens with two attached hydrogens (primary N) is 1. The maximum Gasteiger partial charge on any atom is 0.148 e. The van der Waals surface area contributed by atoms with Gasteiger partial charge in [-0.3, -0.25) is 0 Å². The number of aromatic nitrogens is 3. The van der Waals surface area contributed by atoms with Crippen LogP contribution in [0.15, 0.2) is 18.2 Å². The van der Waals surface area contributed by atoms with Crippen molar-refractivity contribution in [3.8, 4) is 5.69 Å². The number of anilines is 1. The van der Waals surface area contributed by atoms with E-state index in [1.165, 1.54) is 22.9 Å². The van der Waals surface area contributed by atoms with E-state index in [1.54, 1.807) is 13.8 Å². The molecule has 0 bridgehead atoms. The van der Waals surface area contributed by atoms with Crippen LogP contribution in [0.25, 0.3) is 5.69 Å². The van der Waals surface area contributed by atoms with Crippen molar-refractivity contribution < 1.29 is 4.39 Å². The summed E-state index contributed by atoms with van der Waals surface area (Å²) in [5.74, 6) is 0.979. The fourth-order valence-corrected chi connectivity index (χ4v) is 1.45. The SMILES string of the molecule is Cc1nc(C)n(-c2cc(F)ccc2N)n1. The maximum atomic E-state index is 13.1. The van der Waals surface area contributed by atoms with Gasteiger partial charge in [-0.15, -0.1) is 0 Å². The molecule has 0 radical (unpaired) electrons. The first-order valence-electron chi connectivity index (χ1n) is 4.53. The Hall–Kier alpha value is -1.91. The molecule has 0 fully saturated rings. The zero-order valence-corrected chi connectivity index (χ0v) is 8.53. The Morgan fingerprint density at radius 3 is 2.67 bits per heavy atom. The van der Waals surface area contributed by atoms with E-state index in [9.17, 15) is 4.39 Å². The van der Waals surface area contributed by atoms with Gasteiger partial charge < -0.3 is 5.73 Å². The number of nitrogens with zero attached hydrogens (tertiary/aromatic N) is 3. The molecule has 0 atom stereocenters. The molecule has 0 saturated heterocycles. The highest BCUT2D eigenvalue weighted by molar-refractivity contribution is 5.57. The molecular weight excluding hydrogens is 195 g/mol. The summed E-state index contributed by atoms with van der Waals surface area (Å²) in [5.41, 5.74) is 6.74. The van der Waals surface area contributed by atoms with Gasteiger partial charge in [0.05, 0.1) is 11.4 Å². The lowest BCUT2D eigenvalue weighted by Gasteiger charge is -2.06. The Kier molecular flexibility index (Phi) is 2.15. The molecule has 0 aliphatic carbocycles. The highest BCUT2D eigenvalue weighted by atomic mass is 19.1. The van der Waals surface area contributed by atoms with Crippen molar-refractivity contribution in [1.82, 2.24) is 14.8 Å². The zero-order chi connectivity index (χ0) is 11.0. The number of hydrogen-bond donors (Lipinski definition) is 1. The summed E-state index contributed by atoms with van der Waals surface area (Å²) in [4.78, 5) is 4.13. The van der Waals surface area contributed by atoms with E-state index in [1.807, 2.05) is 0 Å². The van der Waals surface area contributed by atoms with Gasteiger partial charge in [0, 0.05) is 6.07 Å². The fourth-order valence-electron chi connectivity index (χ4n) is 1.45. The molecule has 2 rings (SSSR count). The molecule has 1 heterocycles. The lowest BCUT2D eigenvalue weighted by atomic mass is 10.2. The van der Waals surface area contributed by atoms with Gasteiger partial charge in [-0.2, -0.15) is 5.10 Å². The molecule has 0 amide bonds. The average Bonchev–Trinajstić information content (AvgIpc) is 2.50. The predicted molar refractivity (Wildman–Crippen MR) is 55.2 cm³/mol. The van der Waals surface area contributed by atoms with Crippen molar-refractivity contribution in [3.05, 3.63) is 35.7 Å². The molecule has 1 aromatic heterocycles.